The number of methoxy groups -OCH3 is 1. The second-order valence-corrected chi connectivity index (χ2v) is 6.80. The maximum atomic E-state index is 13.4. The summed E-state index contributed by atoms with van der Waals surface area (Å²) in [6, 6.07) is 18.2. The maximum Gasteiger partial charge on any atom is 0.229 e. The molecule has 146 valence electrons. The lowest BCUT2D eigenvalue weighted by Crippen LogP contribution is -2.04. The standard InChI is InChI=1S/C23H21FN4O/c1-14-6-4-5-7-19(14)25-22-18-13-17(29-3)9-11-21(18)27-23(28-22)26-20-10-8-16(24)12-15(20)2/h4-13H,1-3H3,(H2,25,26,27,28). The second kappa shape index (κ2) is 7.75. The van der Waals surface area contributed by atoms with Crippen LogP contribution in [0.1, 0.15) is 11.1 Å². The first-order valence-corrected chi connectivity index (χ1v) is 9.25. The molecule has 0 spiro atoms. The molecule has 2 N–H and O–H groups in total. The van der Waals surface area contributed by atoms with Gasteiger partial charge in [-0.15, -0.1) is 0 Å². The molecule has 1 heterocycles. The Hall–Kier alpha value is -3.67. The van der Waals surface area contributed by atoms with Gasteiger partial charge in [0.1, 0.15) is 17.4 Å². The Labute approximate surface area is 168 Å². The van der Waals surface area contributed by atoms with Gasteiger partial charge in [-0.3, -0.25) is 0 Å². The summed E-state index contributed by atoms with van der Waals surface area (Å²) in [5.41, 5.74) is 4.35. The fraction of sp³-hybridized carbons (Fsp3) is 0.130. The fourth-order valence-electron chi connectivity index (χ4n) is 3.11. The molecule has 0 amide bonds. The SMILES string of the molecule is COc1ccc2nc(Nc3ccc(F)cc3C)nc(Nc3ccccc3C)c2c1. The Morgan fingerprint density at radius 3 is 2.38 bits per heavy atom. The molecule has 4 rings (SSSR count). The number of ether oxygens (including phenoxy) is 1. The highest BCUT2D eigenvalue weighted by molar-refractivity contribution is 5.93. The van der Waals surface area contributed by atoms with Gasteiger partial charge in [-0.05, 0) is 67.4 Å². The van der Waals surface area contributed by atoms with Crippen LogP contribution in [-0.4, -0.2) is 17.1 Å². The Kier molecular flexibility index (Phi) is 4.99. The first-order valence-electron chi connectivity index (χ1n) is 9.25. The van der Waals surface area contributed by atoms with Gasteiger partial charge in [-0.25, -0.2) is 9.37 Å². The van der Waals surface area contributed by atoms with Gasteiger partial charge in [0.15, 0.2) is 0 Å². The average Bonchev–Trinajstić information content (AvgIpc) is 2.71. The van der Waals surface area contributed by atoms with Crippen LogP contribution in [0.3, 0.4) is 0 Å². The highest BCUT2D eigenvalue weighted by Gasteiger charge is 2.12. The zero-order valence-corrected chi connectivity index (χ0v) is 16.5. The van der Waals surface area contributed by atoms with Crippen LogP contribution in [0, 0.1) is 19.7 Å². The van der Waals surface area contributed by atoms with E-state index in [-0.39, 0.29) is 5.82 Å². The molecule has 4 aromatic rings. The zero-order valence-electron chi connectivity index (χ0n) is 16.5. The molecule has 0 saturated carbocycles. The Balaban J connectivity index is 1.81. The van der Waals surface area contributed by atoms with E-state index in [0.717, 1.165) is 39.2 Å². The number of hydrogen-bond donors (Lipinski definition) is 2. The molecule has 3 aromatic carbocycles. The van der Waals surface area contributed by atoms with Crippen molar-refractivity contribution in [2.24, 2.45) is 0 Å². The fourth-order valence-corrected chi connectivity index (χ4v) is 3.11. The topological polar surface area (TPSA) is 59.1 Å². The number of para-hydroxylation sites is 1. The number of nitrogens with zero attached hydrogens (tertiary/aromatic N) is 2. The lowest BCUT2D eigenvalue weighted by molar-refractivity contribution is 0.415. The van der Waals surface area contributed by atoms with E-state index < -0.39 is 0 Å². The minimum atomic E-state index is -0.276. The van der Waals surface area contributed by atoms with Crippen molar-refractivity contribution in [3.63, 3.8) is 0 Å². The lowest BCUT2D eigenvalue weighted by atomic mass is 10.2. The zero-order chi connectivity index (χ0) is 20.4. The maximum absolute atomic E-state index is 13.4. The van der Waals surface area contributed by atoms with Crippen LogP contribution in [0.25, 0.3) is 10.9 Å². The number of hydrogen-bond acceptors (Lipinski definition) is 5. The number of aromatic nitrogens is 2. The van der Waals surface area contributed by atoms with E-state index in [2.05, 4.69) is 20.6 Å². The summed E-state index contributed by atoms with van der Waals surface area (Å²) in [7, 11) is 1.63. The molecule has 0 bridgehead atoms. The molecular formula is C23H21FN4O. The summed E-state index contributed by atoms with van der Waals surface area (Å²) in [6.45, 7) is 3.87. The third-order valence-corrected chi connectivity index (χ3v) is 4.74. The van der Waals surface area contributed by atoms with E-state index in [9.17, 15) is 4.39 Å². The normalized spacial score (nSPS) is 10.8. The van der Waals surface area contributed by atoms with Gasteiger partial charge in [-0.1, -0.05) is 18.2 Å². The van der Waals surface area contributed by atoms with Crippen molar-refractivity contribution in [1.82, 2.24) is 9.97 Å². The van der Waals surface area contributed by atoms with Crippen molar-refractivity contribution >= 4 is 34.0 Å². The number of fused-ring (bicyclic) bond motifs is 1. The number of rotatable bonds is 5. The number of aryl methyl sites for hydroxylation is 2. The minimum Gasteiger partial charge on any atom is -0.497 e. The lowest BCUT2D eigenvalue weighted by Gasteiger charge is -2.14. The highest BCUT2D eigenvalue weighted by Crippen LogP contribution is 2.30. The van der Waals surface area contributed by atoms with Crippen LogP contribution in [0.5, 0.6) is 5.75 Å². The number of anilines is 4. The van der Waals surface area contributed by atoms with Crippen LogP contribution in [-0.2, 0) is 0 Å². The first kappa shape index (κ1) is 18.7. The second-order valence-electron chi connectivity index (χ2n) is 6.80. The van der Waals surface area contributed by atoms with E-state index in [1.165, 1.54) is 12.1 Å². The molecule has 5 nitrogen and oxygen atoms in total. The average molecular weight is 388 g/mol. The summed E-state index contributed by atoms with van der Waals surface area (Å²) < 4.78 is 18.8. The van der Waals surface area contributed by atoms with Gasteiger partial charge in [0.05, 0.1) is 12.6 Å². The van der Waals surface area contributed by atoms with Crippen molar-refractivity contribution in [3.8, 4) is 5.75 Å². The third kappa shape index (κ3) is 3.96. The van der Waals surface area contributed by atoms with Crippen molar-refractivity contribution < 1.29 is 9.13 Å². The van der Waals surface area contributed by atoms with Crippen molar-refractivity contribution in [1.29, 1.82) is 0 Å². The van der Waals surface area contributed by atoms with Gasteiger partial charge in [0.25, 0.3) is 0 Å². The molecule has 0 aliphatic heterocycles. The molecule has 0 aliphatic carbocycles. The molecule has 0 saturated heterocycles. The van der Waals surface area contributed by atoms with E-state index in [1.54, 1.807) is 13.2 Å². The van der Waals surface area contributed by atoms with E-state index >= 15 is 0 Å². The number of nitrogens with one attached hydrogen (secondary N) is 2. The highest BCUT2D eigenvalue weighted by atomic mass is 19.1. The monoisotopic (exact) mass is 388 g/mol. The summed E-state index contributed by atoms with van der Waals surface area (Å²) >= 11 is 0. The molecule has 6 heteroatoms. The number of benzene rings is 3. The van der Waals surface area contributed by atoms with Crippen LogP contribution in [0.15, 0.2) is 60.7 Å². The van der Waals surface area contributed by atoms with Crippen molar-refractivity contribution in [2.45, 2.75) is 13.8 Å². The van der Waals surface area contributed by atoms with Crippen LogP contribution in [0.4, 0.5) is 27.5 Å². The minimum absolute atomic E-state index is 0.276. The van der Waals surface area contributed by atoms with E-state index in [4.69, 9.17) is 4.74 Å². The molecule has 1 aromatic heterocycles. The van der Waals surface area contributed by atoms with Gasteiger partial charge in [0, 0.05) is 16.8 Å². The quantitative estimate of drug-likeness (QED) is 0.447. The number of halogens is 1. The largest absolute Gasteiger partial charge is 0.497 e. The van der Waals surface area contributed by atoms with Crippen molar-refractivity contribution in [3.05, 3.63) is 77.6 Å². The molecule has 0 atom stereocenters. The Morgan fingerprint density at radius 1 is 0.828 bits per heavy atom. The summed E-state index contributed by atoms with van der Waals surface area (Å²) in [6.07, 6.45) is 0. The molecule has 0 unspecified atom stereocenters. The van der Waals surface area contributed by atoms with Crippen molar-refractivity contribution in [2.75, 3.05) is 17.7 Å². The van der Waals surface area contributed by atoms with Crippen LogP contribution < -0.4 is 15.4 Å². The Bertz CT molecular complexity index is 1190. The van der Waals surface area contributed by atoms with E-state index in [0.29, 0.717) is 11.8 Å². The summed E-state index contributed by atoms with van der Waals surface area (Å²) in [4.78, 5) is 9.31. The molecule has 0 radical (unpaired) electrons. The summed E-state index contributed by atoms with van der Waals surface area (Å²) in [5.74, 6) is 1.53. The van der Waals surface area contributed by atoms with Gasteiger partial charge in [-0.2, -0.15) is 4.98 Å². The predicted octanol–water partition coefficient (Wildman–Crippen LogP) is 5.88. The molecule has 0 fully saturated rings. The van der Waals surface area contributed by atoms with Gasteiger partial charge >= 0.3 is 0 Å². The molecular weight excluding hydrogens is 367 g/mol. The third-order valence-electron chi connectivity index (χ3n) is 4.74. The van der Waals surface area contributed by atoms with Gasteiger partial charge in [0.2, 0.25) is 5.95 Å². The predicted molar refractivity (Wildman–Crippen MR) is 115 cm³/mol. The molecule has 29 heavy (non-hydrogen) atoms. The van der Waals surface area contributed by atoms with E-state index in [1.807, 2.05) is 56.3 Å². The first-order chi connectivity index (χ1) is 14.0. The molecule has 0 aliphatic rings. The van der Waals surface area contributed by atoms with Crippen LogP contribution in [0.2, 0.25) is 0 Å². The Morgan fingerprint density at radius 2 is 1.62 bits per heavy atom. The summed E-state index contributed by atoms with van der Waals surface area (Å²) in [5, 5.41) is 7.45. The smallest absolute Gasteiger partial charge is 0.229 e. The van der Waals surface area contributed by atoms with Gasteiger partial charge < -0.3 is 15.4 Å². The van der Waals surface area contributed by atoms with Crippen LogP contribution >= 0.6 is 0 Å².